The van der Waals surface area contributed by atoms with Crippen molar-refractivity contribution in [1.82, 2.24) is 15.5 Å². The SMILES string of the molecule is Cc1cc(C)cc(CN(C(=O)C2CNCCC2NC(=O)c2ccc(OCCOc3c(Cl)cccc3Cl)cc2)C2CC2)c1. The average molecular weight is 611 g/mol. The van der Waals surface area contributed by atoms with Gasteiger partial charge in [0.05, 0.1) is 16.0 Å². The van der Waals surface area contributed by atoms with Gasteiger partial charge in [0.2, 0.25) is 5.91 Å². The van der Waals surface area contributed by atoms with Crippen molar-refractivity contribution >= 4 is 35.0 Å². The molecule has 2 unspecified atom stereocenters. The Kier molecular flexibility index (Phi) is 9.93. The highest BCUT2D eigenvalue weighted by atomic mass is 35.5. The van der Waals surface area contributed by atoms with Crippen molar-refractivity contribution < 1.29 is 19.1 Å². The molecule has 9 heteroatoms. The molecule has 0 aromatic heterocycles. The number of halogens is 2. The third-order valence-electron chi connectivity index (χ3n) is 7.65. The normalized spacial score (nSPS) is 18.3. The first-order valence-corrected chi connectivity index (χ1v) is 15.2. The van der Waals surface area contributed by atoms with Gasteiger partial charge < -0.3 is 25.0 Å². The highest BCUT2D eigenvalue weighted by Crippen LogP contribution is 2.33. The number of nitrogens with one attached hydrogen (secondary N) is 2. The predicted octanol–water partition coefficient (Wildman–Crippen LogP) is 5.97. The van der Waals surface area contributed by atoms with Crippen LogP contribution in [-0.2, 0) is 11.3 Å². The number of para-hydroxylation sites is 1. The third-order valence-corrected chi connectivity index (χ3v) is 8.25. The summed E-state index contributed by atoms with van der Waals surface area (Å²) in [6.07, 6.45) is 2.75. The molecular formula is C33H37Cl2N3O4. The standard InChI is InChI=1S/C33H37Cl2N3O4/c1-21-16-22(2)18-23(17-21)20-38(25-8-9-25)33(40)27-19-36-13-12-30(27)37-32(39)24-6-10-26(11-7-24)41-14-15-42-31-28(34)4-3-5-29(31)35/h3-7,10-11,16-18,25,27,30,36H,8-9,12-15,19-20H2,1-2H3,(H,37,39). The van der Waals surface area contributed by atoms with E-state index in [1.807, 2.05) is 4.90 Å². The van der Waals surface area contributed by atoms with Crippen LogP contribution < -0.4 is 20.1 Å². The van der Waals surface area contributed by atoms with Crippen molar-refractivity contribution in [1.29, 1.82) is 0 Å². The number of carbonyl (C=O) groups is 2. The molecule has 3 aromatic rings. The summed E-state index contributed by atoms with van der Waals surface area (Å²) < 4.78 is 11.4. The van der Waals surface area contributed by atoms with Crippen LogP contribution in [0.25, 0.3) is 0 Å². The fraction of sp³-hybridized carbons (Fsp3) is 0.394. The Bertz CT molecular complexity index is 1370. The lowest BCUT2D eigenvalue weighted by Crippen LogP contribution is -2.55. The Morgan fingerprint density at radius 3 is 2.26 bits per heavy atom. The highest BCUT2D eigenvalue weighted by molar-refractivity contribution is 6.37. The topological polar surface area (TPSA) is 79.9 Å². The van der Waals surface area contributed by atoms with Gasteiger partial charge in [0, 0.05) is 30.7 Å². The molecule has 7 nitrogen and oxygen atoms in total. The van der Waals surface area contributed by atoms with Crippen molar-refractivity contribution in [3.63, 3.8) is 0 Å². The van der Waals surface area contributed by atoms with Crippen LogP contribution in [0.3, 0.4) is 0 Å². The average Bonchev–Trinajstić information content (AvgIpc) is 3.81. The number of amides is 2. The molecule has 3 aromatic carbocycles. The molecule has 2 fully saturated rings. The summed E-state index contributed by atoms with van der Waals surface area (Å²) in [5.74, 6) is 0.635. The van der Waals surface area contributed by atoms with Crippen LogP contribution in [0.15, 0.2) is 60.7 Å². The van der Waals surface area contributed by atoms with Crippen LogP contribution in [0.4, 0.5) is 0 Å². The molecular weight excluding hydrogens is 573 g/mol. The molecule has 0 spiro atoms. The van der Waals surface area contributed by atoms with Gasteiger partial charge in [-0.3, -0.25) is 9.59 Å². The molecule has 1 heterocycles. The van der Waals surface area contributed by atoms with E-state index in [-0.39, 0.29) is 43.0 Å². The second-order valence-corrected chi connectivity index (χ2v) is 12.0. The van der Waals surface area contributed by atoms with Crippen LogP contribution in [0, 0.1) is 19.8 Å². The molecule has 2 amide bonds. The van der Waals surface area contributed by atoms with Crippen molar-refractivity contribution in [3.8, 4) is 11.5 Å². The summed E-state index contributed by atoms with van der Waals surface area (Å²) in [4.78, 5) is 29.1. The summed E-state index contributed by atoms with van der Waals surface area (Å²) in [5, 5.41) is 7.40. The quantitative estimate of drug-likeness (QED) is 0.262. The minimum atomic E-state index is -0.316. The van der Waals surface area contributed by atoms with Gasteiger partial charge in [0.1, 0.15) is 19.0 Å². The molecule has 2 N–H and O–H groups in total. The van der Waals surface area contributed by atoms with Gasteiger partial charge >= 0.3 is 0 Å². The van der Waals surface area contributed by atoms with Gasteiger partial charge in [-0.25, -0.2) is 0 Å². The van der Waals surface area contributed by atoms with Crippen molar-refractivity contribution in [2.45, 2.75) is 51.7 Å². The van der Waals surface area contributed by atoms with Crippen molar-refractivity contribution in [2.24, 2.45) is 5.92 Å². The number of rotatable bonds is 11. The van der Waals surface area contributed by atoms with E-state index < -0.39 is 0 Å². The molecule has 1 saturated carbocycles. The molecule has 2 aliphatic rings. The molecule has 0 bridgehead atoms. The van der Waals surface area contributed by atoms with Gasteiger partial charge in [-0.1, -0.05) is 58.6 Å². The van der Waals surface area contributed by atoms with E-state index in [0.717, 1.165) is 24.9 Å². The monoisotopic (exact) mass is 609 g/mol. The number of benzene rings is 3. The lowest BCUT2D eigenvalue weighted by atomic mass is 9.91. The lowest BCUT2D eigenvalue weighted by Gasteiger charge is -2.36. The van der Waals surface area contributed by atoms with E-state index >= 15 is 0 Å². The fourth-order valence-corrected chi connectivity index (χ4v) is 6.02. The van der Waals surface area contributed by atoms with Crippen LogP contribution in [0.1, 0.15) is 46.3 Å². The van der Waals surface area contributed by atoms with Crippen LogP contribution >= 0.6 is 23.2 Å². The Balaban J connectivity index is 1.16. The largest absolute Gasteiger partial charge is 0.490 e. The number of hydrogen-bond acceptors (Lipinski definition) is 5. The predicted molar refractivity (Wildman–Crippen MR) is 166 cm³/mol. The Labute approximate surface area is 257 Å². The summed E-state index contributed by atoms with van der Waals surface area (Å²) in [6.45, 7) is 6.62. The van der Waals surface area contributed by atoms with Crippen molar-refractivity contribution in [3.05, 3.63) is 93.0 Å². The molecule has 42 heavy (non-hydrogen) atoms. The second-order valence-electron chi connectivity index (χ2n) is 11.1. The smallest absolute Gasteiger partial charge is 0.251 e. The van der Waals surface area contributed by atoms with Gasteiger partial charge in [0.25, 0.3) is 5.91 Å². The van der Waals surface area contributed by atoms with E-state index in [2.05, 4.69) is 42.7 Å². The molecule has 2 atom stereocenters. The lowest BCUT2D eigenvalue weighted by molar-refractivity contribution is -0.138. The maximum Gasteiger partial charge on any atom is 0.251 e. The minimum Gasteiger partial charge on any atom is -0.490 e. The number of carbonyl (C=O) groups excluding carboxylic acids is 2. The fourth-order valence-electron chi connectivity index (χ4n) is 5.51. The van der Waals surface area contributed by atoms with E-state index in [4.69, 9.17) is 32.7 Å². The first-order valence-electron chi connectivity index (χ1n) is 14.5. The first kappa shape index (κ1) is 30.2. The third kappa shape index (κ3) is 7.77. The van der Waals surface area contributed by atoms with E-state index in [0.29, 0.717) is 46.6 Å². The Morgan fingerprint density at radius 2 is 1.60 bits per heavy atom. The number of aryl methyl sites for hydroxylation is 2. The van der Waals surface area contributed by atoms with Gasteiger partial charge in [-0.05, 0) is 81.6 Å². The molecule has 0 radical (unpaired) electrons. The molecule has 222 valence electrons. The van der Waals surface area contributed by atoms with Crippen LogP contribution in [0.2, 0.25) is 10.0 Å². The van der Waals surface area contributed by atoms with Crippen LogP contribution in [-0.4, -0.2) is 55.1 Å². The molecule has 1 saturated heterocycles. The van der Waals surface area contributed by atoms with Crippen LogP contribution in [0.5, 0.6) is 11.5 Å². The zero-order valence-electron chi connectivity index (χ0n) is 24.0. The van der Waals surface area contributed by atoms with Crippen molar-refractivity contribution in [2.75, 3.05) is 26.3 Å². The highest BCUT2D eigenvalue weighted by Gasteiger charge is 2.40. The van der Waals surface area contributed by atoms with Gasteiger partial charge in [-0.2, -0.15) is 0 Å². The van der Waals surface area contributed by atoms with Gasteiger partial charge in [0.15, 0.2) is 5.75 Å². The summed E-state index contributed by atoms with van der Waals surface area (Å²) in [7, 11) is 0. The summed E-state index contributed by atoms with van der Waals surface area (Å²) in [5.41, 5.74) is 4.06. The minimum absolute atomic E-state index is 0.109. The number of piperidine rings is 1. The summed E-state index contributed by atoms with van der Waals surface area (Å²) >= 11 is 12.3. The van der Waals surface area contributed by atoms with E-state index in [9.17, 15) is 9.59 Å². The maximum atomic E-state index is 13.9. The summed E-state index contributed by atoms with van der Waals surface area (Å²) in [6, 6.07) is 18.6. The molecule has 1 aliphatic heterocycles. The molecule has 1 aliphatic carbocycles. The number of nitrogens with zero attached hydrogens (tertiary/aromatic N) is 1. The Hall–Kier alpha value is -3.26. The number of ether oxygens (including phenoxy) is 2. The molecule has 5 rings (SSSR count). The number of hydrogen-bond donors (Lipinski definition) is 2. The zero-order chi connectivity index (χ0) is 29.6. The first-order chi connectivity index (χ1) is 20.3. The second kappa shape index (κ2) is 13.8. The Morgan fingerprint density at radius 1 is 0.929 bits per heavy atom. The van der Waals surface area contributed by atoms with Gasteiger partial charge in [-0.15, -0.1) is 0 Å². The van der Waals surface area contributed by atoms with E-state index in [1.54, 1.807) is 42.5 Å². The maximum absolute atomic E-state index is 13.9. The van der Waals surface area contributed by atoms with E-state index in [1.165, 1.54) is 11.1 Å². The zero-order valence-corrected chi connectivity index (χ0v) is 25.5.